The average molecular weight is 493 g/mol. The summed E-state index contributed by atoms with van der Waals surface area (Å²) in [4.78, 5) is 16.8. The third kappa shape index (κ3) is 5.40. The molecule has 4 rings (SSSR count). The Bertz CT molecular complexity index is 1270. The van der Waals surface area contributed by atoms with Gasteiger partial charge in [-0.2, -0.15) is 15.1 Å². The van der Waals surface area contributed by atoms with Gasteiger partial charge in [0.1, 0.15) is 24.0 Å². The van der Waals surface area contributed by atoms with Crippen molar-refractivity contribution in [3.8, 4) is 17.2 Å². The Morgan fingerprint density at radius 3 is 2.46 bits per heavy atom. The minimum Gasteiger partial charge on any atom is -0.493 e. The summed E-state index contributed by atoms with van der Waals surface area (Å²) in [5, 5.41) is 15.6. The van der Waals surface area contributed by atoms with Gasteiger partial charge in [0, 0.05) is 5.92 Å². The molecule has 1 amide bonds. The third-order valence-electron chi connectivity index (χ3n) is 5.39. The molecule has 2 aromatic rings. The van der Waals surface area contributed by atoms with Crippen LogP contribution in [-0.4, -0.2) is 47.3 Å². The Morgan fingerprint density at radius 2 is 1.77 bits per heavy atom. The van der Waals surface area contributed by atoms with Gasteiger partial charge in [-0.1, -0.05) is 37.6 Å². The predicted octanol–water partition coefficient (Wildman–Crippen LogP) is 5.05. The average Bonchev–Trinajstić information content (AvgIpc) is 3.25. The summed E-state index contributed by atoms with van der Waals surface area (Å²) in [5.41, 5.74) is 3.13. The number of hydrogen-bond donors (Lipinski definition) is 1. The van der Waals surface area contributed by atoms with E-state index in [1.54, 1.807) is 31.4 Å². The molecule has 0 bridgehead atoms. The molecule has 182 valence electrons. The second kappa shape index (κ2) is 10.4. The molecule has 0 saturated carbocycles. The van der Waals surface area contributed by atoms with Crippen LogP contribution in [0.1, 0.15) is 30.5 Å². The molecule has 0 radical (unpaired) electrons. The first-order valence-corrected chi connectivity index (χ1v) is 12.1. The zero-order valence-corrected chi connectivity index (χ0v) is 21.2. The number of hydrogen-bond acceptors (Lipinski definition) is 7. The van der Waals surface area contributed by atoms with Crippen LogP contribution in [0, 0.1) is 25.2 Å². The summed E-state index contributed by atoms with van der Waals surface area (Å²) in [7, 11) is 1.55. The number of rotatable bonds is 8. The van der Waals surface area contributed by atoms with Gasteiger partial charge in [0.25, 0.3) is 5.91 Å². The first kappa shape index (κ1) is 24.5. The summed E-state index contributed by atoms with van der Waals surface area (Å²) >= 11 is 1.33. The van der Waals surface area contributed by atoms with Crippen molar-refractivity contribution < 1.29 is 19.0 Å². The maximum absolute atomic E-state index is 12.6. The monoisotopic (exact) mass is 492 g/mol. The van der Waals surface area contributed by atoms with Gasteiger partial charge in [0.05, 0.1) is 12.7 Å². The van der Waals surface area contributed by atoms with Crippen LogP contribution < -0.4 is 14.2 Å². The summed E-state index contributed by atoms with van der Waals surface area (Å²) in [6.45, 7) is 8.81. The molecule has 35 heavy (non-hydrogen) atoms. The molecule has 0 spiro atoms. The minimum atomic E-state index is -0.461. The van der Waals surface area contributed by atoms with E-state index in [2.05, 4.69) is 16.2 Å². The van der Waals surface area contributed by atoms with Gasteiger partial charge in [0.15, 0.2) is 17.3 Å². The highest BCUT2D eigenvalue weighted by molar-refractivity contribution is 8.27. The van der Waals surface area contributed by atoms with Crippen molar-refractivity contribution in [2.45, 2.75) is 27.7 Å². The number of amidine groups is 2. The molecule has 2 aliphatic heterocycles. The van der Waals surface area contributed by atoms with Crippen LogP contribution in [-0.2, 0) is 4.79 Å². The van der Waals surface area contributed by atoms with E-state index in [4.69, 9.17) is 19.6 Å². The minimum absolute atomic E-state index is 0.00555. The van der Waals surface area contributed by atoms with E-state index in [0.717, 1.165) is 16.4 Å². The number of hydrazone groups is 1. The lowest BCUT2D eigenvalue weighted by molar-refractivity contribution is -0.114. The van der Waals surface area contributed by atoms with Gasteiger partial charge in [-0.3, -0.25) is 10.2 Å². The number of carbonyl (C=O) groups excluding carboxylic acids is 1. The second-order valence-electron chi connectivity index (χ2n) is 8.49. The smallest absolute Gasteiger partial charge is 0.283 e. The van der Waals surface area contributed by atoms with Crippen LogP contribution in [0.15, 0.2) is 52.1 Å². The quantitative estimate of drug-likeness (QED) is 0.409. The molecule has 0 fully saturated rings. The van der Waals surface area contributed by atoms with Crippen molar-refractivity contribution in [3.63, 3.8) is 0 Å². The Hall–Kier alpha value is -3.59. The number of methoxy groups -OCH3 is 1. The lowest BCUT2D eigenvalue weighted by Crippen LogP contribution is -2.35. The summed E-state index contributed by atoms with van der Waals surface area (Å²) < 4.78 is 17.2. The lowest BCUT2D eigenvalue weighted by atomic mass is 10.1. The summed E-state index contributed by atoms with van der Waals surface area (Å²) in [5.74, 6) is 1.64. The number of aliphatic imine (C=N–C) groups is 1. The second-order valence-corrected chi connectivity index (χ2v) is 9.48. The normalized spacial score (nSPS) is 16.4. The van der Waals surface area contributed by atoms with E-state index in [9.17, 15) is 4.79 Å². The number of carbonyl (C=O) groups is 1. The van der Waals surface area contributed by atoms with Crippen molar-refractivity contribution in [1.82, 2.24) is 5.01 Å². The van der Waals surface area contributed by atoms with Crippen molar-refractivity contribution in [3.05, 3.63) is 58.7 Å². The van der Waals surface area contributed by atoms with Crippen molar-refractivity contribution in [2.75, 3.05) is 20.3 Å². The number of benzene rings is 2. The molecule has 1 N–H and O–H groups in total. The van der Waals surface area contributed by atoms with Crippen molar-refractivity contribution >= 4 is 39.8 Å². The summed E-state index contributed by atoms with van der Waals surface area (Å²) in [6.07, 6.45) is 1.62. The number of fused-ring (bicyclic) bond motifs is 1. The fourth-order valence-electron chi connectivity index (χ4n) is 3.56. The molecule has 0 atom stereocenters. The van der Waals surface area contributed by atoms with Gasteiger partial charge in [0.2, 0.25) is 5.17 Å². The van der Waals surface area contributed by atoms with Crippen molar-refractivity contribution in [2.24, 2.45) is 16.0 Å². The number of nitrogens with zero attached hydrogens (tertiary/aromatic N) is 3. The highest BCUT2D eigenvalue weighted by Crippen LogP contribution is 2.32. The summed E-state index contributed by atoms with van der Waals surface area (Å²) in [6, 6.07) is 11.4. The van der Waals surface area contributed by atoms with Crippen molar-refractivity contribution in [1.29, 1.82) is 5.41 Å². The topological polar surface area (TPSA) is 96.6 Å². The molecule has 0 unspecified atom stereocenters. The van der Waals surface area contributed by atoms with Crippen LogP contribution in [0.4, 0.5) is 0 Å². The van der Waals surface area contributed by atoms with Crippen LogP contribution in [0.2, 0.25) is 0 Å². The van der Waals surface area contributed by atoms with Crippen LogP contribution in [0.3, 0.4) is 0 Å². The van der Waals surface area contributed by atoms with E-state index >= 15 is 0 Å². The number of thioether (sulfide) groups is 1. The zero-order chi connectivity index (χ0) is 25.1. The van der Waals surface area contributed by atoms with E-state index in [1.165, 1.54) is 22.3 Å². The van der Waals surface area contributed by atoms with Crippen LogP contribution in [0.25, 0.3) is 6.08 Å². The molecular weight excluding hydrogens is 464 g/mol. The predicted molar refractivity (Wildman–Crippen MR) is 140 cm³/mol. The number of nitrogens with one attached hydrogen (secondary N) is 1. The Morgan fingerprint density at radius 1 is 1.06 bits per heavy atom. The molecule has 9 heteroatoms. The number of ether oxygens (including phenoxy) is 3. The van der Waals surface area contributed by atoms with Gasteiger partial charge < -0.3 is 14.2 Å². The Balaban J connectivity index is 1.44. The maximum Gasteiger partial charge on any atom is 0.283 e. The van der Waals surface area contributed by atoms with E-state index in [-0.39, 0.29) is 17.3 Å². The largest absolute Gasteiger partial charge is 0.493 e. The van der Waals surface area contributed by atoms with Gasteiger partial charge >= 0.3 is 0 Å². The van der Waals surface area contributed by atoms with Crippen LogP contribution in [0.5, 0.6) is 17.2 Å². The zero-order valence-electron chi connectivity index (χ0n) is 20.4. The Labute approximate surface area is 209 Å². The van der Waals surface area contributed by atoms with Gasteiger partial charge in [-0.25, -0.2) is 0 Å². The molecule has 0 saturated heterocycles. The van der Waals surface area contributed by atoms with Gasteiger partial charge in [-0.05, 0) is 61.0 Å². The first-order chi connectivity index (χ1) is 16.8. The SMILES string of the molecule is COc1cc(/C=C2\C(=N)N3N=C(C(C)C)SC3=NC2=O)ccc1OCCOc1ccc(C)cc1C. The van der Waals surface area contributed by atoms with E-state index in [1.807, 2.05) is 39.8 Å². The number of aryl methyl sites for hydroxylation is 2. The molecule has 8 nitrogen and oxygen atoms in total. The molecule has 0 aromatic heterocycles. The molecule has 2 aliphatic rings. The maximum atomic E-state index is 12.6. The fraction of sp³-hybridized carbons (Fsp3) is 0.308. The fourth-order valence-corrected chi connectivity index (χ4v) is 4.46. The molecular formula is C26H28N4O4S. The standard InChI is InChI=1S/C26H28N4O4S/c1-15(2)25-29-30-23(27)19(24(31)28-26(30)35-25)13-18-7-9-21(22(14-18)32-5)34-11-10-33-20-8-6-16(3)12-17(20)4/h6-9,12-15,27H,10-11H2,1-5H3/b19-13+,27-23?. The number of amides is 1. The van der Waals surface area contributed by atoms with E-state index < -0.39 is 5.91 Å². The Kier molecular flexibility index (Phi) is 7.25. The third-order valence-corrected chi connectivity index (χ3v) is 6.60. The molecule has 0 aliphatic carbocycles. The highest BCUT2D eigenvalue weighted by atomic mass is 32.2. The highest BCUT2D eigenvalue weighted by Gasteiger charge is 2.36. The first-order valence-electron chi connectivity index (χ1n) is 11.3. The molecule has 2 aromatic carbocycles. The van der Waals surface area contributed by atoms with Gasteiger partial charge in [-0.15, -0.1) is 0 Å². The lowest BCUT2D eigenvalue weighted by Gasteiger charge is -2.20. The molecule has 2 heterocycles. The van der Waals surface area contributed by atoms with E-state index in [0.29, 0.717) is 35.4 Å². The van der Waals surface area contributed by atoms with Crippen LogP contribution >= 0.6 is 11.8 Å².